The van der Waals surface area contributed by atoms with Crippen molar-refractivity contribution < 1.29 is 29.0 Å². The number of carbonyl (C=O) groups excluding carboxylic acids is 2. The Morgan fingerprint density at radius 2 is 1.77 bits per heavy atom. The van der Waals surface area contributed by atoms with Crippen LogP contribution < -0.4 is 20.1 Å². The summed E-state index contributed by atoms with van der Waals surface area (Å²) >= 11 is 6.33. The Morgan fingerprint density at radius 3 is 2.53 bits per heavy atom. The van der Waals surface area contributed by atoms with Gasteiger partial charge in [0.25, 0.3) is 5.91 Å². The molecule has 3 aromatic carbocycles. The van der Waals surface area contributed by atoms with E-state index < -0.39 is 11.5 Å². The van der Waals surface area contributed by atoms with Crippen LogP contribution in [0.4, 0.5) is 5.69 Å². The van der Waals surface area contributed by atoms with Crippen molar-refractivity contribution in [3.63, 3.8) is 0 Å². The highest BCUT2D eigenvalue weighted by atomic mass is 35.5. The first-order valence-electron chi connectivity index (χ1n) is 23.5. The van der Waals surface area contributed by atoms with Gasteiger partial charge in [0.05, 0.1) is 13.2 Å². The van der Waals surface area contributed by atoms with E-state index in [1.165, 1.54) is 16.7 Å². The maximum atomic E-state index is 13.3. The number of nitrogens with zero attached hydrogens (tertiary/aromatic N) is 3. The van der Waals surface area contributed by atoms with Crippen molar-refractivity contribution in [1.29, 1.82) is 0 Å². The highest BCUT2D eigenvalue weighted by molar-refractivity contribution is 6.30. The van der Waals surface area contributed by atoms with Gasteiger partial charge in [-0.3, -0.25) is 19.6 Å². The molecule has 0 saturated heterocycles. The first-order chi connectivity index (χ1) is 31.9. The zero-order chi connectivity index (χ0) is 46.4. The Bertz CT molecular complexity index is 2540. The number of hydrogen-bond acceptors (Lipinski definition) is 8. The summed E-state index contributed by atoms with van der Waals surface area (Å²) in [6.45, 7) is 5.99. The van der Waals surface area contributed by atoms with Gasteiger partial charge in [0.2, 0.25) is 5.91 Å². The number of amides is 2. The second-order valence-electron chi connectivity index (χ2n) is 18.9. The standard InChI is InChI=1S/C54H62ClN5O6/c1-35(34-66-48-20-25-57-46-14-5-9-36(2)50(46)48)27-41-29-39-16-18-44(31-45(39)53(41)21-23-54(24-22-53,52(63)64)59-43-13-7-12-42(55)30-43)65-26-8-15-49(61)60(4)33-37-10-6-11-38(28-37)40-17-19-47(58-32-40)51(62)56-3/h6-7,10-13,16-20,25,28,30-32,35-36,41,59H,5,8-9,14-15,21-24,26-27,29,33-34H2,1-4H3,(H,56,62)(H,63,64)/t35-,36-,41+,53?,54?/m1/s1. The maximum Gasteiger partial charge on any atom is 0.329 e. The van der Waals surface area contributed by atoms with Gasteiger partial charge in [0, 0.05) is 67.0 Å². The number of aromatic nitrogens is 2. The molecule has 1 saturated carbocycles. The molecular weight excluding hydrogens is 850 g/mol. The minimum Gasteiger partial charge on any atom is -0.494 e. The van der Waals surface area contributed by atoms with Crippen molar-refractivity contribution in [2.24, 2.45) is 11.8 Å². The normalized spacial score (nSPS) is 21.3. The van der Waals surface area contributed by atoms with Crippen LogP contribution in [0.5, 0.6) is 11.5 Å². The van der Waals surface area contributed by atoms with E-state index in [0.717, 1.165) is 66.0 Å². The predicted octanol–water partition coefficient (Wildman–Crippen LogP) is 10.4. The summed E-state index contributed by atoms with van der Waals surface area (Å²) in [6.07, 6.45) is 12.0. The van der Waals surface area contributed by atoms with E-state index in [4.69, 9.17) is 21.1 Å². The molecule has 3 aliphatic carbocycles. The number of halogens is 1. The molecule has 12 heteroatoms. The molecule has 66 heavy (non-hydrogen) atoms. The van der Waals surface area contributed by atoms with Crippen LogP contribution in [0.25, 0.3) is 11.1 Å². The molecule has 3 N–H and O–H groups in total. The molecule has 1 spiro atoms. The fraction of sp³-hybridized carbons (Fsp3) is 0.426. The molecule has 3 aliphatic rings. The molecule has 2 amide bonds. The molecule has 5 aromatic rings. The number of rotatable bonds is 17. The van der Waals surface area contributed by atoms with E-state index in [9.17, 15) is 19.5 Å². The average Bonchev–Trinajstić information content (AvgIpc) is 3.60. The van der Waals surface area contributed by atoms with E-state index in [2.05, 4.69) is 46.6 Å². The summed E-state index contributed by atoms with van der Waals surface area (Å²) in [6, 6.07) is 27.3. The number of hydrogen-bond donors (Lipinski definition) is 3. The van der Waals surface area contributed by atoms with Gasteiger partial charge >= 0.3 is 5.97 Å². The third-order valence-electron chi connectivity index (χ3n) is 14.4. The lowest BCUT2D eigenvalue weighted by atomic mass is 9.59. The molecule has 0 aliphatic heterocycles. The van der Waals surface area contributed by atoms with Gasteiger partial charge in [0.1, 0.15) is 22.7 Å². The number of aliphatic carboxylic acids is 1. The Labute approximate surface area is 393 Å². The zero-order valence-electron chi connectivity index (χ0n) is 38.6. The molecular formula is C54H62ClN5O6. The zero-order valence-corrected chi connectivity index (χ0v) is 39.3. The van der Waals surface area contributed by atoms with Crippen LogP contribution >= 0.6 is 11.6 Å². The second kappa shape index (κ2) is 20.3. The van der Waals surface area contributed by atoms with Crippen LogP contribution in [0.2, 0.25) is 5.02 Å². The van der Waals surface area contributed by atoms with E-state index in [1.807, 2.05) is 67.8 Å². The van der Waals surface area contributed by atoms with Crippen molar-refractivity contribution in [2.75, 3.05) is 32.6 Å². The number of anilines is 1. The molecule has 0 radical (unpaired) electrons. The second-order valence-corrected chi connectivity index (χ2v) is 19.4. The SMILES string of the molecule is CNC(=O)c1ccc(-c2cccc(CN(C)C(=O)CCCOc3ccc4c(c3)C3(CCC(Nc5cccc(Cl)c5)(C(=O)O)CC3)[C@@H](C[C@@H](C)COc3ccnc5c3[C@H](C)CCC5)C4)c2)cn1. The van der Waals surface area contributed by atoms with Crippen LogP contribution in [-0.4, -0.2) is 70.6 Å². The van der Waals surface area contributed by atoms with Crippen molar-refractivity contribution in [3.05, 3.63) is 136 Å². The van der Waals surface area contributed by atoms with Crippen LogP contribution in [-0.2, 0) is 34.4 Å². The van der Waals surface area contributed by atoms with Gasteiger partial charge in [-0.15, -0.1) is 0 Å². The summed E-state index contributed by atoms with van der Waals surface area (Å²) in [4.78, 5) is 49.1. The molecule has 8 rings (SSSR count). The Hall–Kier alpha value is -5.94. The van der Waals surface area contributed by atoms with Crippen LogP contribution in [0.15, 0.2) is 97.3 Å². The largest absolute Gasteiger partial charge is 0.494 e. The number of ether oxygens (including phenoxy) is 2. The first kappa shape index (κ1) is 46.6. The summed E-state index contributed by atoms with van der Waals surface area (Å²) < 4.78 is 13.0. The number of fused-ring (bicyclic) bond motifs is 3. The van der Waals surface area contributed by atoms with Gasteiger partial charge in [-0.2, -0.15) is 0 Å². The smallest absolute Gasteiger partial charge is 0.329 e. The molecule has 0 unspecified atom stereocenters. The van der Waals surface area contributed by atoms with Gasteiger partial charge in [-0.25, -0.2) is 4.79 Å². The predicted molar refractivity (Wildman–Crippen MR) is 258 cm³/mol. The van der Waals surface area contributed by atoms with Crippen molar-refractivity contribution in [1.82, 2.24) is 20.2 Å². The third-order valence-corrected chi connectivity index (χ3v) is 14.6. The molecule has 346 valence electrons. The number of pyridine rings is 2. The minimum absolute atomic E-state index is 0.0308. The van der Waals surface area contributed by atoms with Crippen LogP contribution in [0.1, 0.15) is 116 Å². The Morgan fingerprint density at radius 1 is 0.955 bits per heavy atom. The monoisotopic (exact) mass is 911 g/mol. The third kappa shape index (κ3) is 10.2. The highest BCUT2D eigenvalue weighted by Crippen LogP contribution is 2.57. The van der Waals surface area contributed by atoms with Gasteiger partial charge in [0.15, 0.2) is 0 Å². The molecule has 2 heterocycles. The summed E-state index contributed by atoms with van der Waals surface area (Å²) in [5, 5.41) is 17.3. The maximum absolute atomic E-state index is 13.3. The fourth-order valence-electron chi connectivity index (χ4n) is 10.8. The van der Waals surface area contributed by atoms with Crippen molar-refractivity contribution in [2.45, 2.75) is 108 Å². The summed E-state index contributed by atoms with van der Waals surface area (Å²) in [5.41, 5.74) is 7.53. The number of nitrogens with one attached hydrogen (secondary N) is 2. The average molecular weight is 913 g/mol. The lowest BCUT2D eigenvalue weighted by Gasteiger charge is -2.47. The quantitative estimate of drug-likeness (QED) is 0.0777. The topological polar surface area (TPSA) is 143 Å². The highest BCUT2D eigenvalue weighted by Gasteiger charge is 2.54. The lowest BCUT2D eigenvalue weighted by molar-refractivity contribution is -0.144. The lowest BCUT2D eigenvalue weighted by Crippen LogP contribution is -2.53. The Balaban J connectivity index is 0.922. The van der Waals surface area contributed by atoms with E-state index in [-0.39, 0.29) is 23.1 Å². The molecule has 3 atom stereocenters. The molecule has 0 bridgehead atoms. The number of carboxylic acids is 1. The van der Waals surface area contributed by atoms with E-state index in [1.54, 1.807) is 36.3 Å². The van der Waals surface area contributed by atoms with Crippen molar-refractivity contribution in [3.8, 4) is 22.6 Å². The first-order valence-corrected chi connectivity index (χ1v) is 23.9. The van der Waals surface area contributed by atoms with E-state index in [0.29, 0.717) is 86.5 Å². The van der Waals surface area contributed by atoms with Crippen molar-refractivity contribution >= 4 is 35.1 Å². The fourth-order valence-corrected chi connectivity index (χ4v) is 11.0. The summed E-state index contributed by atoms with van der Waals surface area (Å²) in [5.74, 6) is 1.66. The van der Waals surface area contributed by atoms with Gasteiger partial charge in [-0.1, -0.05) is 61.8 Å². The molecule has 1 fully saturated rings. The van der Waals surface area contributed by atoms with Gasteiger partial charge in [-0.05, 0) is 158 Å². The van der Waals surface area contributed by atoms with E-state index >= 15 is 0 Å². The molecule has 11 nitrogen and oxygen atoms in total. The van der Waals surface area contributed by atoms with Gasteiger partial charge < -0.3 is 30.1 Å². The molecule has 2 aromatic heterocycles. The number of carboxylic acid groups (broad SMARTS) is 1. The van der Waals surface area contributed by atoms with Crippen LogP contribution in [0, 0.1) is 11.8 Å². The number of aryl methyl sites for hydroxylation is 1. The summed E-state index contributed by atoms with van der Waals surface area (Å²) in [7, 11) is 3.40. The number of carbonyl (C=O) groups is 3. The minimum atomic E-state index is -1.12. The van der Waals surface area contributed by atoms with Crippen LogP contribution in [0.3, 0.4) is 0 Å². The Kier molecular flexibility index (Phi) is 14.3. The number of benzene rings is 3.